The van der Waals surface area contributed by atoms with Crippen LogP contribution in [0.4, 0.5) is 5.69 Å². The fraction of sp³-hybridized carbons (Fsp3) is 0.0833. The lowest BCUT2D eigenvalue weighted by atomic mass is 10.1. The van der Waals surface area contributed by atoms with Crippen molar-refractivity contribution in [3.05, 3.63) is 95.1 Å². The molecule has 0 radical (unpaired) electrons. The van der Waals surface area contributed by atoms with E-state index in [2.05, 4.69) is 36.5 Å². The molecule has 3 aromatic carbocycles. The summed E-state index contributed by atoms with van der Waals surface area (Å²) in [5, 5.41) is 12.1. The average Bonchev–Trinajstić information content (AvgIpc) is 2.69. The van der Waals surface area contributed by atoms with E-state index in [1.165, 1.54) is 10.5 Å². The van der Waals surface area contributed by atoms with Gasteiger partial charge in [0.15, 0.2) is 0 Å². The second-order valence-electron chi connectivity index (χ2n) is 6.48. The molecule has 3 aromatic rings. The molecule has 0 unspecified atom stereocenters. The van der Waals surface area contributed by atoms with E-state index in [0.717, 1.165) is 16.0 Å². The topological polar surface area (TPSA) is 52.9 Å². The summed E-state index contributed by atoms with van der Waals surface area (Å²) >= 11 is 1.67. The maximum Gasteiger partial charge on any atom is 0.266 e. The molecule has 0 heterocycles. The normalized spacial score (nSPS) is 11.0. The highest BCUT2D eigenvalue weighted by Crippen LogP contribution is 2.28. The van der Waals surface area contributed by atoms with Crippen LogP contribution >= 0.6 is 11.8 Å². The minimum absolute atomic E-state index is 0.0699. The van der Waals surface area contributed by atoms with Crippen molar-refractivity contribution < 1.29 is 4.79 Å². The van der Waals surface area contributed by atoms with Gasteiger partial charge in [0.2, 0.25) is 0 Å². The molecule has 0 bridgehead atoms. The Morgan fingerprint density at radius 2 is 1.57 bits per heavy atom. The van der Waals surface area contributed by atoms with Crippen molar-refractivity contribution in [3.63, 3.8) is 0 Å². The van der Waals surface area contributed by atoms with Crippen LogP contribution in [0.1, 0.15) is 16.7 Å². The maximum atomic E-state index is 12.4. The van der Waals surface area contributed by atoms with Crippen LogP contribution in [0.3, 0.4) is 0 Å². The van der Waals surface area contributed by atoms with Crippen molar-refractivity contribution in [1.82, 2.24) is 0 Å². The van der Waals surface area contributed by atoms with Crippen LogP contribution in [0, 0.1) is 25.2 Å². The third kappa shape index (κ3) is 5.35. The van der Waals surface area contributed by atoms with Gasteiger partial charge in [-0.1, -0.05) is 53.7 Å². The first-order chi connectivity index (χ1) is 13.5. The third-order valence-electron chi connectivity index (χ3n) is 4.09. The number of benzene rings is 3. The second-order valence-corrected chi connectivity index (χ2v) is 7.62. The van der Waals surface area contributed by atoms with Gasteiger partial charge in [0.25, 0.3) is 5.91 Å². The summed E-state index contributed by atoms with van der Waals surface area (Å²) in [5.41, 5.74) is 3.83. The Morgan fingerprint density at radius 1 is 0.929 bits per heavy atom. The number of nitrogens with zero attached hydrogens (tertiary/aromatic N) is 1. The Kier molecular flexibility index (Phi) is 6.31. The molecule has 28 heavy (non-hydrogen) atoms. The molecule has 3 nitrogen and oxygen atoms in total. The first-order valence-electron chi connectivity index (χ1n) is 8.88. The zero-order chi connectivity index (χ0) is 19.9. The highest BCUT2D eigenvalue weighted by molar-refractivity contribution is 7.99. The number of anilines is 1. The SMILES string of the molecule is Cc1ccc(Sc2ccc(/C=C(/C#N)C(=O)Nc3cccc(C)c3)cc2)cc1. The average molecular weight is 385 g/mol. The second kappa shape index (κ2) is 9.07. The van der Waals surface area contributed by atoms with Gasteiger partial charge in [-0.15, -0.1) is 0 Å². The van der Waals surface area contributed by atoms with Gasteiger partial charge in [-0.2, -0.15) is 5.26 Å². The summed E-state index contributed by atoms with van der Waals surface area (Å²) in [6.45, 7) is 4.02. The summed E-state index contributed by atoms with van der Waals surface area (Å²) in [5.74, 6) is -0.411. The van der Waals surface area contributed by atoms with E-state index in [1.807, 2.05) is 55.5 Å². The first-order valence-corrected chi connectivity index (χ1v) is 9.69. The largest absolute Gasteiger partial charge is 0.321 e. The molecular formula is C24H20N2OS. The van der Waals surface area contributed by atoms with E-state index in [1.54, 1.807) is 23.9 Å². The Morgan fingerprint density at radius 3 is 2.18 bits per heavy atom. The molecule has 0 aliphatic heterocycles. The van der Waals surface area contributed by atoms with E-state index in [-0.39, 0.29) is 5.57 Å². The standard InChI is InChI=1S/C24H20N2OS/c1-17-6-10-22(11-7-17)28-23-12-8-19(9-13-23)15-20(16-25)24(27)26-21-5-3-4-18(2)14-21/h3-15H,1-2H3,(H,26,27)/b20-15-. The van der Waals surface area contributed by atoms with Gasteiger partial charge >= 0.3 is 0 Å². The molecule has 138 valence electrons. The lowest BCUT2D eigenvalue weighted by molar-refractivity contribution is -0.112. The van der Waals surface area contributed by atoms with Crippen LogP contribution in [0.25, 0.3) is 6.08 Å². The highest BCUT2D eigenvalue weighted by Gasteiger charge is 2.09. The van der Waals surface area contributed by atoms with Crippen LogP contribution in [0.15, 0.2) is 88.2 Å². The van der Waals surface area contributed by atoms with Crippen molar-refractivity contribution in [1.29, 1.82) is 5.26 Å². The van der Waals surface area contributed by atoms with E-state index >= 15 is 0 Å². The molecule has 1 amide bonds. The van der Waals surface area contributed by atoms with E-state index in [4.69, 9.17) is 0 Å². The van der Waals surface area contributed by atoms with Crippen LogP contribution in [0.2, 0.25) is 0 Å². The third-order valence-corrected chi connectivity index (χ3v) is 5.10. The Balaban J connectivity index is 1.70. The van der Waals surface area contributed by atoms with Crippen LogP contribution in [-0.4, -0.2) is 5.91 Å². The van der Waals surface area contributed by atoms with Crippen molar-refractivity contribution in [2.75, 3.05) is 5.32 Å². The molecule has 0 saturated carbocycles. The predicted molar refractivity (Wildman–Crippen MR) is 115 cm³/mol. The Labute approximate surface area is 169 Å². The monoisotopic (exact) mass is 384 g/mol. The van der Waals surface area contributed by atoms with Gasteiger partial charge in [-0.3, -0.25) is 4.79 Å². The van der Waals surface area contributed by atoms with Gasteiger partial charge in [-0.05, 0) is 67.4 Å². The van der Waals surface area contributed by atoms with Gasteiger partial charge < -0.3 is 5.32 Å². The number of rotatable bonds is 5. The Bertz CT molecular complexity index is 1050. The number of nitrogens with one attached hydrogen (secondary N) is 1. The zero-order valence-corrected chi connectivity index (χ0v) is 16.6. The summed E-state index contributed by atoms with van der Waals surface area (Å²) in [7, 11) is 0. The fourth-order valence-corrected chi connectivity index (χ4v) is 3.43. The predicted octanol–water partition coefficient (Wildman–Crippen LogP) is 6.00. The van der Waals surface area contributed by atoms with Gasteiger partial charge in [0.1, 0.15) is 11.6 Å². The number of hydrogen-bond donors (Lipinski definition) is 1. The maximum absolute atomic E-state index is 12.4. The summed E-state index contributed by atoms with van der Waals surface area (Å²) < 4.78 is 0. The van der Waals surface area contributed by atoms with E-state index < -0.39 is 5.91 Å². The highest BCUT2D eigenvalue weighted by atomic mass is 32.2. The lowest BCUT2D eigenvalue weighted by Gasteiger charge is -2.06. The molecule has 0 atom stereocenters. The molecule has 0 saturated heterocycles. The van der Waals surface area contributed by atoms with Crippen molar-refractivity contribution in [2.24, 2.45) is 0 Å². The number of nitriles is 1. The molecule has 0 spiro atoms. The van der Waals surface area contributed by atoms with Crippen LogP contribution in [0.5, 0.6) is 0 Å². The first kappa shape index (κ1) is 19.5. The van der Waals surface area contributed by atoms with Crippen molar-refractivity contribution >= 4 is 29.4 Å². The van der Waals surface area contributed by atoms with Gasteiger partial charge in [-0.25, -0.2) is 0 Å². The van der Waals surface area contributed by atoms with E-state index in [9.17, 15) is 10.1 Å². The van der Waals surface area contributed by atoms with E-state index in [0.29, 0.717) is 5.69 Å². The summed E-state index contributed by atoms with van der Waals surface area (Å²) in [6, 6.07) is 25.6. The van der Waals surface area contributed by atoms with Gasteiger partial charge in [0, 0.05) is 15.5 Å². The molecule has 0 fully saturated rings. The smallest absolute Gasteiger partial charge is 0.266 e. The molecule has 0 aromatic heterocycles. The number of hydrogen-bond acceptors (Lipinski definition) is 3. The number of carbonyl (C=O) groups excluding carboxylic acids is 1. The zero-order valence-electron chi connectivity index (χ0n) is 15.8. The molecule has 0 aliphatic carbocycles. The van der Waals surface area contributed by atoms with Gasteiger partial charge in [0.05, 0.1) is 0 Å². The van der Waals surface area contributed by atoms with Crippen LogP contribution < -0.4 is 5.32 Å². The minimum Gasteiger partial charge on any atom is -0.321 e. The lowest BCUT2D eigenvalue weighted by Crippen LogP contribution is -2.13. The summed E-state index contributed by atoms with van der Waals surface area (Å²) in [4.78, 5) is 14.7. The van der Waals surface area contributed by atoms with Crippen molar-refractivity contribution in [3.8, 4) is 6.07 Å². The molecule has 1 N–H and O–H groups in total. The molecule has 0 aliphatic rings. The van der Waals surface area contributed by atoms with Crippen LogP contribution in [-0.2, 0) is 4.79 Å². The Hall–Kier alpha value is -3.29. The molecule has 3 rings (SSSR count). The number of amides is 1. The quantitative estimate of drug-likeness (QED) is 0.433. The number of carbonyl (C=O) groups is 1. The van der Waals surface area contributed by atoms with Crippen molar-refractivity contribution in [2.45, 2.75) is 23.6 Å². The number of aryl methyl sites for hydroxylation is 2. The summed E-state index contributed by atoms with van der Waals surface area (Å²) in [6.07, 6.45) is 1.60. The molecule has 4 heteroatoms. The fourth-order valence-electron chi connectivity index (χ4n) is 2.61. The molecular weight excluding hydrogens is 364 g/mol. The minimum atomic E-state index is -0.411.